The van der Waals surface area contributed by atoms with Gasteiger partial charge in [0.15, 0.2) is 0 Å². The first-order valence-corrected chi connectivity index (χ1v) is 4.05. The van der Waals surface area contributed by atoms with Crippen LogP contribution in [0.4, 0.5) is 0 Å². The molecule has 0 aromatic carbocycles. The maximum absolute atomic E-state index is 5.44. The average molecular weight is 129 g/mol. The van der Waals surface area contributed by atoms with Crippen LogP contribution in [0.3, 0.4) is 0 Å². The third kappa shape index (κ3) is 4.46. The molecule has 1 nitrogen and oxygen atoms in total. The fourth-order valence-electron chi connectivity index (χ4n) is 1.20. The Morgan fingerprint density at radius 2 is 1.89 bits per heavy atom. The molecule has 2 N–H and O–H groups in total. The minimum Gasteiger partial charge on any atom is -0.330 e. The van der Waals surface area contributed by atoms with Crippen LogP contribution in [0.25, 0.3) is 0 Å². The molecule has 0 spiro atoms. The highest BCUT2D eigenvalue weighted by atomic mass is 14.5. The third-order valence-corrected chi connectivity index (χ3v) is 1.85. The molecule has 1 atom stereocenters. The lowest BCUT2D eigenvalue weighted by molar-refractivity contribution is 0.438. The van der Waals surface area contributed by atoms with Gasteiger partial charge in [-0.15, -0.1) is 0 Å². The maximum atomic E-state index is 5.44. The Hall–Kier alpha value is -0.0400. The van der Waals surface area contributed by atoms with Gasteiger partial charge in [-0.1, -0.05) is 33.1 Å². The van der Waals surface area contributed by atoms with Crippen LogP contribution < -0.4 is 5.73 Å². The molecular formula is C8H19N. The van der Waals surface area contributed by atoms with Crippen molar-refractivity contribution in [3.8, 4) is 0 Å². The summed E-state index contributed by atoms with van der Waals surface area (Å²) in [6.07, 6.45) is 5.17. The van der Waals surface area contributed by atoms with Crippen LogP contribution in [0.1, 0.15) is 39.5 Å². The molecule has 0 aliphatic carbocycles. The van der Waals surface area contributed by atoms with Crippen LogP contribution in [-0.2, 0) is 0 Å². The van der Waals surface area contributed by atoms with Gasteiger partial charge < -0.3 is 5.73 Å². The van der Waals surface area contributed by atoms with E-state index in [1.54, 1.807) is 0 Å². The van der Waals surface area contributed by atoms with E-state index < -0.39 is 0 Å². The van der Waals surface area contributed by atoms with Gasteiger partial charge in [-0.2, -0.15) is 0 Å². The summed E-state index contributed by atoms with van der Waals surface area (Å²) >= 11 is 0. The molecule has 0 heterocycles. The summed E-state index contributed by atoms with van der Waals surface area (Å²) in [7, 11) is 0. The van der Waals surface area contributed by atoms with E-state index in [1.165, 1.54) is 25.7 Å². The summed E-state index contributed by atoms with van der Waals surface area (Å²) in [5, 5.41) is 0. The van der Waals surface area contributed by atoms with Gasteiger partial charge in [-0.25, -0.2) is 0 Å². The van der Waals surface area contributed by atoms with Crippen molar-refractivity contribution in [2.24, 2.45) is 11.7 Å². The molecule has 0 aromatic rings. The minimum atomic E-state index is 0.860. The fraction of sp³-hybridized carbons (Fsp3) is 1.00. The Bertz CT molecular complexity index is 46.5. The Labute approximate surface area is 58.6 Å². The molecule has 0 aliphatic heterocycles. The quantitative estimate of drug-likeness (QED) is 0.605. The zero-order valence-electron chi connectivity index (χ0n) is 6.69. The molecule has 0 bridgehead atoms. The zero-order chi connectivity index (χ0) is 7.11. The predicted octanol–water partition coefficient (Wildman–Crippen LogP) is 2.16. The van der Waals surface area contributed by atoms with E-state index in [2.05, 4.69) is 13.8 Å². The van der Waals surface area contributed by atoms with Gasteiger partial charge in [-0.05, 0) is 18.9 Å². The molecular weight excluding hydrogens is 110 g/mol. The van der Waals surface area contributed by atoms with Crippen molar-refractivity contribution in [1.82, 2.24) is 0 Å². The molecule has 0 radical (unpaired) electrons. The van der Waals surface area contributed by atoms with Crippen molar-refractivity contribution in [3.05, 3.63) is 0 Å². The first-order valence-electron chi connectivity index (χ1n) is 4.05. The van der Waals surface area contributed by atoms with E-state index in [4.69, 9.17) is 5.73 Å². The van der Waals surface area contributed by atoms with E-state index in [0.29, 0.717) is 0 Å². The molecule has 1 heteroatoms. The highest BCUT2D eigenvalue weighted by Crippen LogP contribution is 2.13. The van der Waals surface area contributed by atoms with Crippen LogP contribution in [0, 0.1) is 5.92 Å². The normalized spacial score (nSPS) is 13.7. The van der Waals surface area contributed by atoms with Crippen molar-refractivity contribution in [3.63, 3.8) is 0 Å². The van der Waals surface area contributed by atoms with E-state index in [1.807, 2.05) is 0 Å². The average Bonchev–Trinajstić information content (AvgIpc) is 1.88. The largest absolute Gasteiger partial charge is 0.330 e. The van der Waals surface area contributed by atoms with Gasteiger partial charge in [0.05, 0.1) is 0 Å². The summed E-state index contributed by atoms with van der Waals surface area (Å²) in [6.45, 7) is 5.34. The minimum absolute atomic E-state index is 0.860. The van der Waals surface area contributed by atoms with Crippen LogP contribution in [0.2, 0.25) is 0 Å². The van der Waals surface area contributed by atoms with Crippen molar-refractivity contribution in [1.29, 1.82) is 0 Å². The van der Waals surface area contributed by atoms with Gasteiger partial charge in [-0.3, -0.25) is 0 Å². The topological polar surface area (TPSA) is 26.0 Å². The molecule has 0 aliphatic rings. The molecule has 0 fully saturated rings. The Morgan fingerprint density at radius 3 is 2.22 bits per heavy atom. The van der Waals surface area contributed by atoms with Crippen molar-refractivity contribution < 1.29 is 0 Å². The van der Waals surface area contributed by atoms with E-state index in [9.17, 15) is 0 Å². The summed E-state index contributed by atoms with van der Waals surface area (Å²) < 4.78 is 0. The van der Waals surface area contributed by atoms with E-state index in [0.717, 1.165) is 12.5 Å². The Kier molecular flexibility index (Phi) is 6.06. The molecule has 0 saturated carbocycles. The smallest absolute Gasteiger partial charge is 0.00746 e. The van der Waals surface area contributed by atoms with Gasteiger partial charge in [0.25, 0.3) is 0 Å². The molecule has 9 heavy (non-hydrogen) atoms. The Balaban J connectivity index is 3.18. The first-order chi connectivity index (χ1) is 4.35. The highest BCUT2D eigenvalue weighted by Gasteiger charge is 2.01. The second kappa shape index (κ2) is 6.09. The molecule has 1 unspecified atom stereocenters. The van der Waals surface area contributed by atoms with Gasteiger partial charge in [0.1, 0.15) is 0 Å². The standard InChI is InChI=1S/C8H19N/c1-3-5-8(4-2)6-7-9/h8H,3-7,9H2,1-2H3. The number of hydrogen-bond acceptors (Lipinski definition) is 1. The summed E-state index contributed by atoms with van der Waals surface area (Å²) in [6, 6.07) is 0. The SMILES string of the molecule is CCCC(CC)CCN. The maximum Gasteiger partial charge on any atom is -0.00746 e. The van der Waals surface area contributed by atoms with Crippen LogP contribution in [0.5, 0.6) is 0 Å². The first kappa shape index (κ1) is 8.96. The number of rotatable bonds is 5. The summed E-state index contributed by atoms with van der Waals surface area (Å²) in [5.41, 5.74) is 5.44. The summed E-state index contributed by atoms with van der Waals surface area (Å²) in [5.74, 6) is 0.889. The molecule has 0 rings (SSSR count). The van der Waals surface area contributed by atoms with Crippen LogP contribution in [0.15, 0.2) is 0 Å². The van der Waals surface area contributed by atoms with Gasteiger partial charge >= 0.3 is 0 Å². The second-order valence-electron chi connectivity index (χ2n) is 2.64. The third-order valence-electron chi connectivity index (χ3n) is 1.85. The summed E-state index contributed by atoms with van der Waals surface area (Å²) in [4.78, 5) is 0. The fourth-order valence-corrected chi connectivity index (χ4v) is 1.20. The second-order valence-corrected chi connectivity index (χ2v) is 2.64. The van der Waals surface area contributed by atoms with Crippen molar-refractivity contribution >= 4 is 0 Å². The number of nitrogens with two attached hydrogens (primary N) is 1. The van der Waals surface area contributed by atoms with Crippen LogP contribution in [-0.4, -0.2) is 6.54 Å². The zero-order valence-corrected chi connectivity index (χ0v) is 6.69. The molecule has 0 aromatic heterocycles. The monoisotopic (exact) mass is 129 g/mol. The number of hydrogen-bond donors (Lipinski definition) is 1. The molecule has 56 valence electrons. The Morgan fingerprint density at radius 1 is 1.22 bits per heavy atom. The van der Waals surface area contributed by atoms with Gasteiger partial charge in [0.2, 0.25) is 0 Å². The van der Waals surface area contributed by atoms with Crippen LogP contribution >= 0.6 is 0 Å². The van der Waals surface area contributed by atoms with Gasteiger partial charge in [0, 0.05) is 0 Å². The van der Waals surface area contributed by atoms with Crippen molar-refractivity contribution in [2.45, 2.75) is 39.5 Å². The van der Waals surface area contributed by atoms with E-state index in [-0.39, 0.29) is 0 Å². The predicted molar refractivity (Wildman–Crippen MR) is 42.4 cm³/mol. The van der Waals surface area contributed by atoms with Crippen molar-refractivity contribution in [2.75, 3.05) is 6.54 Å². The lowest BCUT2D eigenvalue weighted by Gasteiger charge is -2.10. The highest BCUT2D eigenvalue weighted by molar-refractivity contribution is 4.55. The van der Waals surface area contributed by atoms with E-state index >= 15 is 0 Å². The lowest BCUT2D eigenvalue weighted by Crippen LogP contribution is -2.07. The molecule has 0 amide bonds. The lowest BCUT2D eigenvalue weighted by atomic mass is 9.97. The molecule has 0 saturated heterocycles.